The highest BCUT2D eigenvalue weighted by molar-refractivity contribution is 5.94. The van der Waals surface area contributed by atoms with Crippen molar-refractivity contribution >= 4 is 11.6 Å². The topological polar surface area (TPSA) is 84.7 Å². The van der Waals surface area contributed by atoms with Crippen LogP contribution in [-0.2, 0) is 4.74 Å². The second kappa shape index (κ2) is 9.48. The van der Waals surface area contributed by atoms with E-state index >= 15 is 0 Å². The SMILES string of the molecule is CCCCC[C@H]1CC(OCCC)N(C(=O)c2ccc([N+](=O)[O-])cc2)N1. The van der Waals surface area contributed by atoms with Gasteiger partial charge in [0.05, 0.1) is 4.92 Å². The monoisotopic (exact) mass is 349 g/mol. The number of nitro groups is 1. The molecular formula is C18H27N3O4. The largest absolute Gasteiger partial charge is 0.357 e. The number of ether oxygens (including phenoxy) is 1. The third-order valence-electron chi connectivity index (χ3n) is 4.31. The van der Waals surface area contributed by atoms with Crippen LogP contribution in [0.5, 0.6) is 0 Å². The van der Waals surface area contributed by atoms with Gasteiger partial charge in [0, 0.05) is 36.8 Å². The molecule has 1 aliphatic heterocycles. The van der Waals surface area contributed by atoms with E-state index < -0.39 is 4.92 Å². The Morgan fingerprint density at radius 1 is 1.28 bits per heavy atom. The standard InChI is InChI=1S/C18H27N3O4/c1-3-5-6-7-15-13-17(25-12-4-2)20(19-15)18(22)14-8-10-16(11-9-14)21(23)24/h8-11,15,17,19H,3-7,12-13H2,1-2H3/t15-,17?/m0/s1. The lowest BCUT2D eigenvalue weighted by molar-refractivity contribution is -0.384. The molecule has 0 spiro atoms. The van der Waals surface area contributed by atoms with Crippen molar-refractivity contribution in [2.24, 2.45) is 0 Å². The first-order valence-electron chi connectivity index (χ1n) is 9.02. The Hall–Kier alpha value is -1.99. The van der Waals surface area contributed by atoms with E-state index in [0.29, 0.717) is 12.2 Å². The second-order valence-electron chi connectivity index (χ2n) is 6.36. The molecule has 1 amide bonds. The van der Waals surface area contributed by atoms with Crippen molar-refractivity contribution in [1.82, 2.24) is 10.4 Å². The van der Waals surface area contributed by atoms with Crippen molar-refractivity contribution in [2.45, 2.75) is 64.6 Å². The highest BCUT2D eigenvalue weighted by Crippen LogP contribution is 2.23. The van der Waals surface area contributed by atoms with E-state index in [2.05, 4.69) is 12.3 Å². The number of nitrogens with zero attached hydrogens (tertiary/aromatic N) is 2. The first kappa shape index (κ1) is 19.3. The number of hydrogen-bond acceptors (Lipinski definition) is 5. The average Bonchev–Trinajstić information content (AvgIpc) is 3.02. The number of unbranched alkanes of at least 4 members (excludes halogenated alkanes) is 2. The zero-order chi connectivity index (χ0) is 18.2. The molecule has 1 aromatic carbocycles. The molecule has 0 aromatic heterocycles. The molecule has 25 heavy (non-hydrogen) atoms. The summed E-state index contributed by atoms with van der Waals surface area (Å²) in [5.41, 5.74) is 3.66. The highest BCUT2D eigenvalue weighted by Gasteiger charge is 2.35. The Kier molecular flexibility index (Phi) is 7.33. The number of amides is 1. The van der Waals surface area contributed by atoms with Crippen LogP contribution >= 0.6 is 0 Å². The van der Waals surface area contributed by atoms with Gasteiger partial charge in [0.25, 0.3) is 11.6 Å². The summed E-state index contributed by atoms with van der Waals surface area (Å²) in [6.45, 7) is 4.79. The Morgan fingerprint density at radius 2 is 2.00 bits per heavy atom. The minimum Gasteiger partial charge on any atom is -0.357 e. The number of hydrogen-bond donors (Lipinski definition) is 1. The molecule has 1 unspecified atom stereocenters. The lowest BCUT2D eigenvalue weighted by Gasteiger charge is -2.24. The van der Waals surface area contributed by atoms with Crippen molar-refractivity contribution < 1.29 is 14.5 Å². The van der Waals surface area contributed by atoms with Gasteiger partial charge >= 0.3 is 0 Å². The first-order chi connectivity index (χ1) is 12.1. The van der Waals surface area contributed by atoms with Gasteiger partial charge < -0.3 is 4.74 Å². The number of non-ortho nitro benzene ring substituents is 1. The molecule has 0 aliphatic carbocycles. The lowest BCUT2D eigenvalue weighted by atomic mass is 10.1. The van der Waals surface area contributed by atoms with E-state index in [1.807, 2.05) is 6.92 Å². The number of nitrogens with one attached hydrogen (secondary N) is 1. The summed E-state index contributed by atoms with van der Waals surface area (Å²) in [6.07, 6.45) is 5.81. The second-order valence-corrected chi connectivity index (χ2v) is 6.36. The molecule has 1 N–H and O–H groups in total. The molecule has 1 aromatic rings. The van der Waals surface area contributed by atoms with E-state index in [0.717, 1.165) is 32.1 Å². The van der Waals surface area contributed by atoms with E-state index in [9.17, 15) is 14.9 Å². The molecule has 0 saturated carbocycles. The van der Waals surface area contributed by atoms with Gasteiger partial charge in [-0.2, -0.15) is 0 Å². The number of carbonyl (C=O) groups is 1. The molecule has 2 atom stereocenters. The van der Waals surface area contributed by atoms with Gasteiger partial charge in [0.1, 0.15) is 6.23 Å². The quantitative estimate of drug-likeness (QED) is 0.418. The number of benzene rings is 1. The van der Waals surface area contributed by atoms with Crippen LogP contribution in [0.1, 0.15) is 62.7 Å². The average molecular weight is 349 g/mol. The van der Waals surface area contributed by atoms with Gasteiger partial charge in [-0.1, -0.05) is 33.1 Å². The van der Waals surface area contributed by atoms with Gasteiger partial charge in [0.15, 0.2) is 0 Å². The lowest BCUT2D eigenvalue weighted by Crippen LogP contribution is -2.45. The number of rotatable bonds is 9. The molecular weight excluding hydrogens is 322 g/mol. The molecule has 7 nitrogen and oxygen atoms in total. The minimum atomic E-state index is -0.473. The fourth-order valence-electron chi connectivity index (χ4n) is 2.96. The van der Waals surface area contributed by atoms with Crippen molar-refractivity contribution in [3.8, 4) is 0 Å². The highest BCUT2D eigenvalue weighted by atomic mass is 16.6. The van der Waals surface area contributed by atoms with E-state index in [4.69, 9.17) is 4.74 Å². The third-order valence-corrected chi connectivity index (χ3v) is 4.31. The van der Waals surface area contributed by atoms with Crippen LogP contribution in [0.15, 0.2) is 24.3 Å². The summed E-state index contributed by atoms with van der Waals surface area (Å²) >= 11 is 0. The van der Waals surface area contributed by atoms with Crippen LogP contribution in [0.3, 0.4) is 0 Å². The van der Waals surface area contributed by atoms with E-state index in [1.54, 1.807) is 5.01 Å². The summed E-state index contributed by atoms with van der Waals surface area (Å²) in [4.78, 5) is 23.1. The van der Waals surface area contributed by atoms with Gasteiger partial charge in [0.2, 0.25) is 0 Å². The van der Waals surface area contributed by atoms with E-state index in [1.165, 1.54) is 30.7 Å². The molecule has 0 bridgehead atoms. The van der Waals surface area contributed by atoms with Crippen LogP contribution in [0.4, 0.5) is 5.69 Å². The van der Waals surface area contributed by atoms with Crippen LogP contribution in [-0.4, -0.2) is 34.7 Å². The summed E-state index contributed by atoms with van der Waals surface area (Å²) in [6, 6.07) is 5.90. The van der Waals surface area contributed by atoms with Gasteiger partial charge in [-0.15, -0.1) is 0 Å². The van der Waals surface area contributed by atoms with Gasteiger partial charge in [-0.05, 0) is 25.0 Å². The Balaban J connectivity index is 2.06. The molecule has 1 fully saturated rings. The van der Waals surface area contributed by atoms with Gasteiger partial charge in [-0.3, -0.25) is 14.9 Å². The van der Waals surface area contributed by atoms with Crippen molar-refractivity contribution in [3.63, 3.8) is 0 Å². The molecule has 1 heterocycles. The molecule has 2 rings (SSSR count). The van der Waals surface area contributed by atoms with Crippen LogP contribution in [0.25, 0.3) is 0 Å². The maximum absolute atomic E-state index is 12.8. The maximum atomic E-state index is 12.8. The molecule has 0 radical (unpaired) electrons. The van der Waals surface area contributed by atoms with Crippen molar-refractivity contribution in [1.29, 1.82) is 0 Å². The Bertz CT molecular complexity index is 576. The summed E-state index contributed by atoms with van der Waals surface area (Å²) in [5, 5.41) is 12.3. The van der Waals surface area contributed by atoms with Crippen LogP contribution in [0, 0.1) is 10.1 Å². The minimum absolute atomic E-state index is 0.0258. The van der Waals surface area contributed by atoms with E-state index in [-0.39, 0.29) is 23.9 Å². The Morgan fingerprint density at radius 3 is 2.60 bits per heavy atom. The number of nitro benzene ring substituents is 1. The fourth-order valence-corrected chi connectivity index (χ4v) is 2.96. The van der Waals surface area contributed by atoms with Crippen molar-refractivity contribution in [3.05, 3.63) is 39.9 Å². The van der Waals surface area contributed by atoms with Gasteiger partial charge in [-0.25, -0.2) is 10.4 Å². The van der Waals surface area contributed by atoms with Crippen LogP contribution < -0.4 is 5.43 Å². The number of carbonyl (C=O) groups excluding carboxylic acids is 1. The zero-order valence-corrected chi connectivity index (χ0v) is 14.9. The first-order valence-corrected chi connectivity index (χ1v) is 9.02. The number of hydrazine groups is 1. The predicted molar refractivity (Wildman–Crippen MR) is 95.0 cm³/mol. The smallest absolute Gasteiger partial charge is 0.270 e. The zero-order valence-electron chi connectivity index (χ0n) is 14.9. The predicted octanol–water partition coefficient (Wildman–Crippen LogP) is 3.65. The molecule has 7 heteroatoms. The van der Waals surface area contributed by atoms with Crippen molar-refractivity contribution in [2.75, 3.05) is 6.61 Å². The molecule has 138 valence electrons. The maximum Gasteiger partial charge on any atom is 0.270 e. The fraction of sp³-hybridized carbons (Fsp3) is 0.611. The van der Waals surface area contributed by atoms with Crippen LogP contribution in [0.2, 0.25) is 0 Å². The normalized spacial score (nSPS) is 20.0. The molecule has 1 saturated heterocycles. The molecule has 1 aliphatic rings. The summed E-state index contributed by atoms with van der Waals surface area (Å²) < 4.78 is 5.84. The third kappa shape index (κ3) is 5.24. The summed E-state index contributed by atoms with van der Waals surface area (Å²) in [7, 11) is 0. The summed E-state index contributed by atoms with van der Waals surface area (Å²) in [5.74, 6) is -0.214. The Labute approximate surface area is 148 Å².